The van der Waals surface area contributed by atoms with Crippen LogP contribution in [0.1, 0.15) is 23.6 Å². The lowest BCUT2D eigenvalue weighted by Crippen LogP contribution is -1.97. The van der Waals surface area contributed by atoms with Crippen molar-refractivity contribution in [3.63, 3.8) is 0 Å². The van der Waals surface area contributed by atoms with Gasteiger partial charge in [-0.1, -0.05) is 47.1 Å². The molecule has 0 aliphatic heterocycles. The number of esters is 1. The van der Waals surface area contributed by atoms with Gasteiger partial charge in [-0.2, -0.15) is 0 Å². The standard InChI is InChI=1S/C21H15ClO2/c1-16-6-8-19(9-7-16)12-15-21(24-17(2)23)5-3-4-18-10-13-20(22)14-11-18/h5-11,13-14H,1-2H3/b21-5+. The second kappa shape index (κ2) is 8.63. The minimum absolute atomic E-state index is 0.213. The lowest BCUT2D eigenvalue weighted by atomic mass is 10.1. The van der Waals surface area contributed by atoms with E-state index >= 15 is 0 Å². The molecular weight excluding hydrogens is 320 g/mol. The van der Waals surface area contributed by atoms with Crippen LogP contribution in [-0.4, -0.2) is 5.97 Å². The third-order valence-electron chi connectivity index (χ3n) is 2.90. The van der Waals surface area contributed by atoms with E-state index in [9.17, 15) is 4.79 Å². The van der Waals surface area contributed by atoms with Gasteiger partial charge < -0.3 is 4.74 Å². The van der Waals surface area contributed by atoms with Gasteiger partial charge in [0.2, 0.25) is 0 Å². The Morgan fingerprint density at radius 3 is 2.21 bits per heavy atom. The summed E-state index contributed by atoms with van der Waals surface area (Å²) in [6.45, 7) is 3.34. The maximum Gasteiger partial charge on any atom is 0.308 e. The first-order chi connectivity index (χ1) is 11.5. The van der Waals surface area contributed by atoms with Crippen LogP contribution in [0.25, 0.3) is 0 Å². The van der Waals surface area contributed by atoms with E-state index in [0.717, 1.165) is 16.7 Å². The summed E-state index contributed by atoms with van der Waals surface area (Å²) in [5, 5.41) is 0.653. The molecular formula is C21H15ClO2. The number of hydrogen-bond acceptors (Lipinski definition) is 2. The number of aryl methyl sites for hydroxylation is 1. The molecule has 2 aromatic rings. The summed E-state index contributed by atoms with van der Waals surface area (Å²) in [4.78, 5) is 11.2. The molecule has 0 radical (unpaired) electrons. The molecule has 2 rings (SSSR count). The van der Waals surface area contributed by atoms with Crippen molar-refractivity contribution < 1.29 is 9.53 Å². The molecule has 2 nitrogen and oxygen atoms in total. The first kappa shape index (κ1) is 17.4. The molecule has 0 saturated carbocycles. The number of carbonyl (C=O) groups excluding carboxylic acids is 1. The van der Waals surface area contributed by atoms with Crippen molar-refractivity contribution in [2.24, 2.45) is 0 Å². The molecule has 3 heteroatoms. The summed E-state index contributed by atoms with van der Waals surface area (Å²) >= 11 is 5.83. The molecule has 0 unspecified atom stereocenters. The van der Waals surface area contributed by atoms with Crippen LogP contribution in [0.2, 0.25) is 5.02 Å². The zero-order valence-corrected chi connectivity index (χ0v) is 14.1. The minimum atomic E-state index is -0.437. The van der Waals surface area contributed by atoms with Gasteiger partial charge in [-0.25, -0.2) is 0 Å². The minimum Gasteiger partial charge on any atom is -0.417 e. The summed E-state index contributed by atoms with van der Waals surface area (Å²) in [6.07, 6.45) is 1.48. The van der Waals surface area contributed by atoms with Gasteiger partial charge in [0.25, 0.3) is 0 Å². The largest absolute Gasteiger partial charge is 0.417 e. The van der Waals surface area contributed by atoms with Crippen molar-refractivity contribution in [1.82, 2.24) is 0 Å². The number of ether oxygens (including phenoxy) is 1. The van der Waals surface area contributed by atoms with Gasteiger partial charge in [-0.05, 0) is 49.2 Å². The zero-order valence-electron chi connectivity index (χ0n) is 13.4. The van der Waals surface area contributed by atoms with E-state index in [2.05, 4.69) is 23.7 Å². The van der Waals surface area contributed by atoms with Gasteiger partial charge in [0.1, 0.15) is 0 Å². The molecule has 0 amide bonds. The monoisotopic (exact) mass is 334 g/mol. The molecule has 0 bridgehead atoms. The zero-order chi connectivity index (χ0) is 17.4. The molecule has 0 aromatic heterocycles. The van der Waals surface area contributed by atoms with E-state index in [-0.39, 0.29) is 5.76 Å². The fourth-order valence-corrected chi connectivity index (χ4v) is 1.86. The molecule has 0 heterocycles. The predicted octanol–water partition coefficient (Wildman–Crippen LogP) is 4.50. The van der Waals surface area contributed by atoms with Crippen LogP contribution in [0.4, 0.5) is 0 Å². The van der Waals surface area contributed by atoms with Crippen LogP contribution in [0, 0.1) is 30.6 Å². The summed E-state index contributed by atoms with van der Waals surface area (Å²) in [6, 6.07) is 14.9. The van der Waals surface area contributed by atoms with Crippen LogP contribution in [0.5, 0.6) is 0 Å². The maximum atomic E-state index is 11.2. The molecule has 0 aliphatic carbocycles. The number of rotatable bonds is 1. The molecule has 118 valence electrons. The van der Waals surface area contributed by atoms with E-state index < -0.39 is 5.97 Å². The molecule has 0 saturated heterocycles. The smallest absolute Gasteiger partial charge is 0.308 e. The molecule has 0 fully saturated rings. The number of halogens is 1. The Hall–Kier alpha value is -2.94. The van der Waals surface area contributed by atoms with Crippen molar-refractivity contribution in [2.75, 3.05) is 0 Å². The van der Waals surface area contributed by atoms with Crippen LogP contribution in [-0.2, 0) is 9.53 Å². The van der Waals surface area contributed by atoms with Crippen molar-refractivity contribution >= 4 is 17.6 Å². The van der Waals surface area contributed by atoms with Crippen molar-refractivity contribution in [3.05, 3.63) is 82.1 Å². The summed E-state index contributed by atoms with van der Waals surface area (Å²) < 4.78 is 5.08. The van der Waals surface area contributed by atoms with Crippen molar-refractivity contribution in [2.45, 2.75) is 13.8 Å². The lowest BCUT2D eigenvalue weighted by molar-refractivity contribution is -0.136. The average Bonchev–Trinajstić information content (AvgIpc) is 2.55. The second-order valence-electron chi connectivity index (χ2n) is 4.99. The van der Waals surface area contributed by atoms with Crippen LogP contribution < -0.4 is 0 Å². The molecule has 24 heavy (non-hydrogen) atoms. The highest BCUT2D eigenvalue weighted by molar-refractivity contribution is 6.30. The van der Waals surface area contributed by atoms with Crippen molar-refractivity contribution in [3.8, 4) is 23.7 Å². The van der Waals surface area contributed by atoms with E-state index in [1.54, 1.807) is 12.1 Å². The third kappa shape index (κ3) is 6.05. The summed E-state index contributed by atoms with van der Waals surface area (Å²) in [5.74, 6) is 11.3. The highest BCUT2D eigenvalue weighted by atomic mass is 35.5. The lowest BCUT2D eigenvalue weighted by Gasteiger charge is -1.97. The Labute approximate surface area is 147 Å². The van der Waals surface area contributed by atoms with Gasteiger partial charge in [-0.15, -0.1) is 0 Å². The van der Waals surface area contributed by atoms with Crippen LogP contribution in [0.3, 0.4) is 0 Å². The Balaban J connectivity index is 2.21. The van der Waals surface area contributed by atoms with Gasteiger partial charge >= 0.3 is 5.97 Å². The Morgan fingerprint density at radius 2 is 1.58 bits per heavy atom. The fourth-order valence-electron chi connectivity index (χ4n) is 1.73. The SMILES string of the molecule is CC(=O)O/C(C#Cc1ccc(C)cc1)=C/C#Cc1ccc(Cl)cc1. The Kier molecular flexibility index (Phi) is 6.26. The fraction of sp³-hybridized carbons (Fsp3) is 0.0952. The molecule has 0 N–H and O–H groups in total. The molecule has 2 aromatic carbocycles. The predicted molar refractivity (Wildman–Crippen MR) is 96.2 cm³/mol. The van der Waals surface area contributed by atoms with E-state index in [1.807, 2.05) is 43.3 Å². The molecule has 0 aliphatic rings. The number of allylic oxidation sites excluding steroid dienone is 2. The van der Waals surface area contributed by atoms with Gasteiger partial charge in [0.15, 0.2) is 5.76 Å². The first-order valence-corrected chi connectivity index (χ1v) is 7.65. The second-order valence-corrected chi connectivity index (χ2v) is 5.43. The quantitative estimate of drug-likeness (QED) is 0.436. The van der Waals surface area contributed by atoms with Crippen LogP contribution in [0.15, 0.2) is 60.4 Å². The number of hydrogen-bond donors (Lipinski definition) is 0. The van der Waals surface area contributed by atoms with Crippen LogP contribution >= 0.6 is 11.6 Å². The van der Waals surface area contributed by atoms with Gasteiger partial charge in [0, 0.05) is 29.1 Å². The maximum absolute atomic E-state index is 11.2. The topological polar surface area (TPSA) is 26.3 Å². The normalized spacial score (nSPS) is 10.0. The molecule has 0 atom stereocenters. The Morgan fingerprint density at radius 1 is 1.00 bits per heavy atom. The third-order valence-corrected chi connectivity index (χ3v) is 3.15. The van der Waals surface area contributed by atoms with E-state index in [4.69, 9.17) is 16.3 Å². The van der Waals surface area contributed by atoms with Gasteiger partial charge in [-0.3, -0.25) is 4.79 Å². The highest BCUT2D eigenvalue weighted by Gasteiger charge is 1.97. The Bertz CT molecular complexity index is 868. The van der Waals surface area contributed by atoms with E-state index in [1.165, 1.54) is 13.0 Å². The van der Waals surface area contributed by atoms with Crippen molar-refractivity contribution in [1.29, 1.82) is 0 Å². The summed E-state index contributed by atoms with van der Waals surface area (Å²) in [7, 11) is 0. The molecule has 0 spiro atoms. The number of benzene rings is 2. The van der Waals surface area contributed by atoms with Gasteiger partial charge in [0.05, 0.1) is 0 Å². The summed E-state index contributed by atoms with van der Waals surface area (Å²) in [5.41, 5.74) is 2.80. The average molecular weight is 335 g/mol. The highest BCUT2D eigenvalue weighted by Crippen LogP contribution is 2.08. The van der Waals surface area contributed by atoms with E-state index in [0.29, 0.717) is 5.02 Å². The number of carbonyl (C=O) groups is 1. The first-order valence-electron chi connectivity index (χ1n) is 7.27.